The molecule has 0 unspecified atom stereocenters. The Morgan fingerprint density at radius 2 is 1.71 bits per heavy atom. The molecule has 2 rings (SSSR count). The van der Waals surface area contributed by atoms with Gasteiger partial charge in [0, 0.05) is 5.69 Å². The Morgan fingerprint density at radius 1 is 1.05 bits per heavy atom. The second-order valence-corrected chi connectivity index (χ2v) is 4.41. The minimum Gasteiger partial charge on any atom is -0.340 e. The summed E-state index contributed by atoms with van der Waals surface area (Å²) in [5.41, 5.74) is 2.07. The van der Waals surface area contributed by atoms with E-state index >= 15 is 0 Å². The van der Waals surface area contributed by atoms with Crippen LogP contribution in [0.4, 0.5) is 34.9 Å². The second kappa shape index (κ2) is 5.57. The Kier molecular flexibility index (Phi) is 3.99. The molecule has 4 nitrogen and oxygen atoms in total. The van der Waals surface area contributed by atoms with Gasteiger partial charge in [0.15, 0.2) is 0 Å². The summed E-state index contributed by atoms with van der Waals surface area (Å²) in [6.45, 7) is 1.67. The number of hydrogen-bond acceptors (Lipinski definition) is 4. The van der Waals surface area contributed by atoms with E-state index in [2.05, 4.69) is 15.7 Å². The fourth-order valence-corrected chi connectivity index (χ4v) is 1.79. The number of nitrogens with one attached hydrogen (secondary N) is 2. The van der Waals surface area contributed by atoms with E-state index < -0.39 is 17.6 Å². The van der Waals surface area contributed by atoms with Crippen molar-refractivity contribution >= 4 is 17.3 Å². The van der Waals surface area contributed by atoms with E-state index in [-0.39, 0.29) is 11.6 Å². The molecule has 1 heterocycles. The van der Waals surface area contributed by atoms with Crippen LogP contribution in [0.5, 0.6) is 0 Å². The van der Waals surface area contributed by atoms with Crippen molar-refractivity contribution in [2.75, 3.05) is 10.7 Å². The first-order valence-electron chi connectivity index (χ1n) is 5.88. The Morgan fingerprint density at radius 3 is 2.29 bits per heavy atom. The Hall–Kier alpha value is -2.35. The Bertz CT molecular complexity index is 635. The van der Waals surface area contributed by atoms with Crippen LogP contribution in [0.15, 0.2) is 30.3 Å². The van der Waals surface area contributed by atoms with E-state index in [4.69, 9.17) is 5.84 Å². The Labute approximate surface area is 118 Å². The van der Waals surface area contributed by atoms with E-state index in [1.165, 1.54) is 6.07 Å². The molecule has 0 aliphatic carbocycles. The van der Waals surface area contributed by atoms with Gasteiger partial charge < -0.3 is 10.7 Å². The number of anilines is 3. The van der Waals surface area contributed by atoms with E-state index in [0.717, 1.165) is 18.2 Å². The lowest BCUT2D eigenvalue weighted by Crippen LogP contribution is -2.13. The van der Waals surface area contributed by atoms with Crippen molar-refractivity contribution in [3.63, 3.8) is 0 Å². The number of nitrogens with two attached hydrogens (primary N) is 1. The van der Waals surface area contributed by atoms with Crippen molar-refractivity contribution in [1.29, 1.82) is 0 Å². The van der Waals surface area contributed by atoms with Crippen molar-refractivity contribution < 1.29 is 17.6 Å². The van der Waals surface area contributed by atoms with Crippen LogP contribution in [-0.4, -0.2) is 4.98 Å². The molecular formula is C13H12F4N4. The highest BCUT2D eigenvalue weighted by Gasteiger charge is 2.31. The monoisotopic (exact) mass is 300 g/mol. The third-order valence-corrected chi connectivity index (χ3v) is 2.62. The molecule has 0 aliphatic heterocycles. The first-order chi connectivity index (χ1) is 9.77. The topological polar surface area (TPSA) is 63.0 Å². The van der Waals surface area contributed by atoms with Crippen LogP contribution in [0.1, 0.15) is 11.1 Å². The van der Waals surface area contributed by atoms with Crippen LogP contribution in [0.25, 0.3) is 0 Å². The van der Waals surface area contributed by atoms with Crippen LogP contribution in [0.3, 0.4) is 0 Å². The first kappa shape index (κ1) is 15.0. The molecule has 1 aromatic heterocycles. The predicted molar refractivity (Wildman–Crippen MR) is 71.5 cm³/mol. The highest BCUT2D eigenvalue weighted by molar-refractivity contribution is 5.60. The van der Waals surface area contributed by atoms with Crippen molar-refractivity contribution in [3.05, 3.63) is 47.3 Å². The molecule has 0 bridgehead atoms. The average Bonchev–Trinajstić information content (AvgIpc) is 2.36. The third-order valence-electron chi connectivity index (χ3n) is 2.62. The van der Waals surface area contributed by atoms with Crippen LogP contribution in [-0.2, 0) is 6.18 Å². The van der Waals surface area contributed by atoms with Gasteiger partial charge in [0.05, 0.1) is 5.56 Å². The van der Waals surface area contributed by atoms with Gasteiger partial charge in [-0.2, -0.15) is 13.2 Å². The van der Waals surface area contributed by atoms with Crippen molar-refractivity contribution in [2.24, 2.45) is 5.84 Å². The standard InChI is InChI=1S/C13H12F4N4/c1-7-2-9(14)6-10(3-7)19-11-4-8(13(15,16)17)5-12(20-11)21-18/h2-6H,18H2,1H3,(H2,19,20,21). The molecule has 0 radical (unpaired) electrons. The zero-order valence-electron chi connectivity index (χ0n) is 10.9. The van der Waals surface area contributed by atoms with Crippen molar-refractivity contribution in [1.82, 2.24) is 4.98 Å². The molecule has 8 heteroatoms. The van der Waals surface area contributed by atoms with E-state index in [1.807, 2.05) is 0 Å². The summed E-state index contributed by atoms with van der Waals surface area (Å²) in [7, 11) is 0. The number of aryl methyl sites for hydroxylation is 1. The number of nitrogen functional groups attached to an aromatic ring is 1. The second-order valence-electron chi connectivity index (χ2n) is 4.41. The van der Waals surface area contributed by atoms with Gasteiger partial charge in [-0.3, -0.25) is 0 Å². The SMILES string of the molecule is Cc1cc(F)cc(Nc2cc(C(F)(F)F)cc(NN)n2)c1. The van der Waals surface area contributed by atoms with Crippen LogP contribution in [0, 0.1) is 12.7 Å². The lowest BCUT2D eigenvalue weighted by Gasteiger charge is -2.13. The normalized spacial score (nSPS) is 11.3. The number of hydrogen-bond donors (Lipinski definition) is 3. The fraction of sp³-hybridized carbons (Fsp3) is 0.154. The Balaban J connectivity index is 2.39. The number of halogens is 4. The molecule has 0 saturated heterocycles. The molecule has 0 fully saturated rings. The van der Waals surface area contributed by atoms with Gasteiger partial charge >= 0.3 is 6.18 Å². The summed E-state index contributed by atoms with van der Waals surface area (Å²) < 4.78 is 51.6. The number of nitrogens with zero attached hydrogens (tertiary/aromatic N) is 1. The maximum absolute atomic E-state index is 13.3. The first-order valence-corrected chi connectivity index (χ1v) is 5.88. The van der Waals surface area contributed by atoms with Gasteiger partial charge in [-0.1, -0.05) is 0 Å². The van der Waals surface area contributed by atoms with E-state index in [0.29, 0.717) is 11.3 Å². The molecule has 2 aromatic rings. The molecule has 0 spiro atoms. The van der Waals surface area contributed by atoms with Gasteiger partial charge in [0.1, 0.15) is 17.5 Å². The number of aromatic nitrogens is 1. The molecule has 21 heavy (non-hydrogen) atoms. The number of hydrazine groups is 1. The lowest BCUT2D eigenvalue weighted by atomic mass is 10.2. The average molecular weight is 300 g/mol. The van der Waals surface area contributed by atoms with E-state index in [1.54, 1.807) is 13.0 Å². The summed E-state index contributed by atoms with van der Waals surface area (Å²) >= 11 is 0. The van der Waals surface area contributed by atoms with Gasteiger partial charge in [-0.15, -0.1) is 0 Å². The largest absolute Gasteiger partial charge is 0.416 e. The number of alkyl halides is 3. The predicted octanol–water partition coefficient (Wildman–Crippen LogP) is 3.58. The van der Waals surface area contributed by atoms with Crippen molar-refractivity contribution in [2.45, 2.75) is 13.1 Å². The third kappa shape index (κ3) is 3.82. The summed E-state index contributed by atoms with van der Waals surface area (Å²) in [5.74, 6) is 4.36. The lowest BCUT2D eigenvalue weighted by molar-refractivity contribution is -0.137. The smallest absolute Gasteiger partial charge is 0.340 e. The summed E-state index contributed by atoms with van der Waals surface area (Å²) in [6.07, 6.45) is -4.54. The fourth-order valence-electron chi connectivity index (χ4n) is 1.79. The highest BCUT2D eigenvalue weighted by Crippen LogP contribution is 2.32. The van der Waals surface area contributed by atoms with Crippen LogP contribution in [0.2, 0.25) is 0 Å². The number of rotatable bonds is 3. The van der Waals surface area contributed by atoms with Gasteiger partial charge in [-0.05, 0) is 42.8 Å². The molecular weight excluding hydrogens is 288 g/mol. The van der Waals surface area contributed by atoms with Crippen molar-refractivity contribution in [3.8, 4) is 0 Å². The highest BCUT2D eigenvalue weighted by atomic mass is 19.4. The minimum atomic E-state index is -4.54. The summed E-state index contributed by atoms with van der Waals surface area (Å²) in [6, 6.07) is 5.64. The van der Waals surface area contributed by atoms with Crippen LogP contribution < -0.4 is 16.6 Å². The number of benzene rings is 1. The molecule has 1 aromatic carbocycles. The molecule has 112 valence electrons. The van der Waals surface area contributed by atoms with Gasteiger partial charge in [0.25, 0.3) is 0 Å². The molecule has 0 amide bonds. The van der Waals surface area contributed by atoms with E-state index in [9.17, 15) is 17.6 Å². The molecule has 0 saturated carbocycles. The summed E-state index contributed by atoms with van der Waals surface area (Å²) in [4.78, 5) is 3.85. The van der Waals surface area contributed by atoms with Gasteiger partial charge in [-0.25, -0.2) is 15.2 Å². The molecule has 0 atom stereocenters. The zero-order chi connectivity index (χ0) is 15.6. The van der Waals surface area contributed by atoms with Gasteiger partial charge in [0.2, 0.25) is 0 Å². The minimum absolute atomic E-state index is 0.0947. The van der Waals surface area contributed by atoms with Crippen LogP contribution >= 0.6 is 0 Å². The maximum Gasteiger partial charge on any atom is 0.416 e. The summed E-state index contributed by atoms with van der Waals surface area (Å²) in [5, 5.41) is 2.63. The molecule has 0 aliphatic rings. The maximum atomic E-state index is 13.3. The quantitative estimate of drug-likeness (QED) is 0.460. The zero-order valence-corrected chi connectivity index (χ0v) is 10.9. The molecule has 4 N–H and O–H groups in total. The number of pyridine rings is 1.